The summed E-state index contributed by atoms with van der Waals surface area (Å²) in [6, 6.07) is 4.79. The fourth-order valence-corrected chi connectivity index (χ4v) is 2.87. The maximum Gasteiger partial charge on any atom is 0.248 e. The van der Waals surface area contributed by atoms with Crippen LogP contribution >= 0.6 is 0 Å². The van der Waals surface area contributed by atoms with E-state index in [2.05, 4.69) is 35.1 Å². The van der Waals surface area contributed by atoms with Gasteiger partial charge in [-0.3, -0.25) is 4.79 Å². The van der Waals surface area contributed by atoms with E-state index in [1.54, 1.807) is 7.11 Å². The van der Waals surface area contributed by atoms with Gasteiger partial charge in [0.2, 0.25) is 5.91 Å². The summed E-state index contributed by atoms with van der Waals surface area (Å²) in [5.74, 6) is 0.104. The lowest BCUT2D eigenvalue weighted by Gasteiger charge is -2.32. The molecule has 2 rings (SSSR count). The summed E-state index contributed by atoms with van der Waals surface area (Å²) in [5.41, 5.74) is 1.34. The van der Waals surface area contributed by atoms with Gasteiger partial charge in [-0.15, -0.1) is 0 Å². The number of amides is 1. The number of piperidine rings is 1. The van der Waals surface area contributed by atoms with Crippen molar-refractivity contribution in [3.63, 3.8) is 0 Å². The Balaban J connectivity index is 1.73. The lowest BCUT2D eigenvalue weighted by Crippen LogP contribution is -2.45. The molecule has 1 N–H and O–H groups in total. The van der Waals surface area contributed by atoms with Gasteiger partial charge in [-0.25, -0.2) is 0 Å². The Hall–Kier alpha value is -1.33. The summed E-state index contributed by atoms with van der Waals surface area (Å²) in [5, 5.41) is 3.62. The number of aryl methyl sites for hydroxylation is 1. The molecule has 0 atom stereocenters. The molecule has 1 fully saturated rings. The van der Waals surface area contributed by atoms with E-state index < -0.39 is 0 Å². The number of ether oxygens (including phenoxy) is 1. The molecule has 0 bridgehead atoms. The Morgan fingerprint density at radius 3 is 2.86 bits per heavy atom. The highest BCUT2D eigenvalue weighted by Crippen LogP contribution is 2.12. The second-order valence-corrected chi connectivity index (χ2v) is 5.66. The van der Waals surface area contributed by atoms with Gasteiger partial charge >= 0.3 is 0 Å². The molecule has 5 heteroatoms. The van der Waals surface area contributed by atoms with Crippen molar-refractivity contribution in [1.29, 1.82) is 0 Å². The summed E-state index contributed by atoms with van der Waals surface area (Å²) in [6.07, 6.45) is 5.34. The smallest absolute Gasteiger partial charge is 0.248 e. The van der Waals surface area contributed by atoms with E-state index in [9.17, 15) is 4.79 Å². The minimum atomic E-state index is 0.104. The third-order valence-corrected chi connectivity index (χ3v) is 4.08. The molecule has 2 heterocycles. The van der Waals surface area contributed by atoms with E-state index in [1.807, 2.05) is 4.90 Å². The van der Waals surface area contributed by atoms with Gasteiger partial charge in [0.1, 0.15) is 6.61 Å². The molecular weight excluding hydrogens is 266 g/mol. The normalized spacial score (nSPS) is 16.4. The van der Waals surface area contributed by atoms with Crippen LogP contribution in [-0.4, -0.2) is 48.2 Å². The SMILES string of the molecule is CCCn1cccc1CNC1CCN(C(=O)COC)CC1. The lowest BCUT2D eigenvalue weighted by atomic mass is 10.0. The summed E-state index contributed by atoms with van der Waals surface area (Å²) < 4.78 is 7.22. The fraction of sp³-hybridized carbons (Fsp3) is 0.688. The zero-order valence-corrected chi connectivity index (χ0v) is 13.2. The van der Waals surface area contributed by atoms with Crippen LogP contribution in [0.25, 0.3) is 0 Å². The van der Waals surface area contributed by atoms with Crippen LogP contribution in [0.1, 0.15) is 31.9 Å². The molecule has 1 saturated heterocycles. The van der Waals surface area contributed by atoms with Crippen LogP contribution < -0.4 is 5.32 Å². The quantitative estimate of drug-likeness (QED) is 0.831. The average molecular weight is 293 g/mol. The van der Waals surface area contributed by atoms with E-state index in [4.69, 9.17) is 4.74 Å². The zero-order chi connectivity index (χ0) is 15.1. The van der Waals surface area contributed by atoms with Crippen molar-refractivity contribution in [2.45, 2.75) is 45.3 Å². The molecule has 0 aromatic carbocycles. The molecule has 0 aliphatic carbocycles. The summed E-state index contributed by atoms with van der Waals surface area (Å²) >= 11 is 0. The monoisotopic (exact) mass is 293 g/mol. The van der Waals surface area contributed by atoms with Crippen LogP contribution in [-0.2, 0) is 22.6 Å². The van der Waals surface area contributed by atoms with Gasteiger partial charge in [-0.1, -0.05) is 6.92 Å². The van der Waals surface area contributed by atoms with Crippen molar-refractivity contribution in [1.82, 2.24) is 14.8 Å². The van der Waals surface area contributed by atoms with Crippen LogP contribution in [0, 0.1) is 0 Å². The lowest BCUT2D eigenvalue weighted by molar-refractivity contribution is -0.136. The standard InChI is InChI=1S/C16H27N3O2/c1-3-8-18-9-4-5-15(18)12-17-14-6-10-19(11-7-14)16(20)13-21-2/h4-5,9,14,17H,3,6-8,10-13H2,1-2H3. The molecular formula is C16H27N3O2. The Labute approximate surface area is 127 Å². The van der Waals surface area contributed by atoms with Crippen LogP contribution in [0.4, 0.5) is 0 Å². The van der Waals surface area contributed by atoms with Crippen molar-refractivity contribution in [2.75, 3.05) is 26.8 Å². The Morgan fingerprint density at radius 2 is 2.19 bits per heavy atom. The number of carbonyl (C=O) groups is 1. The Morgan fingerprint density at radius 1 is 1.43 bits per heavy atom. The van der Waals surface area contributed by atoms with Gasteiger partial charge in [0.15, 0.2) is 0 Å². The average Bonchev–Trinajstić information content (AvgIpc) is 2.94. The molecule has 5 nitrogen and oxygen atoms in total. The first-order valence-electron chi connectivity index (χ1n) is 7.88. The third-order valence-electron chi connectivity index (χ3n) is 4.08. The van der Waals surface area contributed by atoms with E-state index in [0.717, 1.165) is 45.4 Å². The molecule has 21 heavy (non-hydrogen) atoms. The van der Waals surface area contributed by atoms with Crippen molar-refractivity contribution < 1.29 is 9.53 Å². The molecule has 1 aromatic rings. The van der Waals surface area contributed by atoms with E-state index in [-0.39, 0.29) is 12.5 Å². The summed E-state index contributed by atoms with van der Waals surface area (Å²) in [7, 11) is 1.57. The molecule has 1 amide bonds. The van der Waals surface area contributed by atoms with Crippen molar-refractivity contribution in [3.8, 4) is 0 Å². The first-order valence-corrected chi connectivity index (χ1v) is 7.88. The Bertz CT molecular complexity index is 436. The number of methoxy groups -OCH3 is 1. The molecule has 0 spiro atoms. The van der Waals surface area contributed by atoms with Crippen LogP contribution in [0.2, 0.25) is 0 Å². The minimum Gasteiger partial charge on any atom is -0.375 e. The van der Waals surface area contributed by atoms with Gasteiger partial charge < -0.3 is 19.5 Å². The second kappa shape index (κ2) is 8.20. The molecule has 0 radical (unpaired) electrons. The number of hydrogen-bond donors (Lipinski definition) is 1. The molecule has 1 aliphatic heterocycles. The minimum absolute atomic E-state index is 0.104. The van der Waals surface area contributed by atoms with Gasteiger partial charge in [0.25, 0.3) is 0 Å². The van der Waals surface area contributed by atoms with Crippen LogP contribution in [0.5, 0.6) is 0 Å². The number of nitrogens with one attached hydrogen (secondary N) is 1. The summed E-state index contributed by atoms with van der Waals surface area (Å²) in [6.45, 7) is 6.04. The number of carbonyl (C=O) groups excluding carboxylic acids is 1. The number of aromatic nitrogens is 1. The Kier molecular flexibility index (Phi) is 6.26. The second-order valence-electron chi connectivity index (χ2n) is 5.66. The molecule has 0 unspecified atom stereocenters. The summed E-state index contributed by atoms with van der Waals surface area (Å²) in [4.78, 5) is 13.6. The molecule has 118 valence electrons. The first-order chi connectivity index (χ1) is 10.2. The predicted molar refractivity (Wildman–Crippen MR) is 83.0 cm³/mol. The van der Waals surface area contributed by atoms with E-state index in [0.29, 0.717) is 6.04 Å². The highest BCUT2D eigenvalue weighted by Gasteiger charge is 2.22. The van der Waals surface area contributed by atoms with Gasteiger partial charge in [-0.05, 0) is 31.4 Å². The van der Waals surface area contributed by atoms with E-state index >= 15 is 0 Å². The van der Waals surface area contributed by atoms with Crippen LogP contribution in [0.3, 0.4) is 0 Å². The largest absolute Gasteiger partial charge is 0.375 e. The number of nitrogens with zero attached hydrogens (tertiary/aromatic N) is 2. The third kappa shape index (κ3) is 4.58. The van der Waals surface area contributed by atoms with E-state index in [1.165, 1.54) is 5.69 Å². The van der Waals surface area contributed by atoms with Gasteiger partial charge in [0.05, 0.1) is 0 Å². The van der Waals surface area contributed by atoms with Crippen molar-refractivity contribution in [2.24, 2.45) is 0 Å². The van der Waals surface area contributed by atoms with Gasteiger partial charge in [0, 0.05) is 51.2 Å². The first kappa shape index (κ1) is 16.0. The topological polar surface area (TPSA) is 46.5 Å². The molecule has 1 aliphatic rings. The highest BCUT2D eigenvalue weighted by molar-refractivity contribution is 5.77. The number of hydrogen-bond acceptors (Lipinski definition) is 3. The highest BCUT2D eigenvalue weighted by atomic mass is 16.5. The zero-order valence-electron chi connectivity index (χ0n) is 13.2. The molecule has 0 saturated carbocycles. The maximum absolute atomic E-state index is 11.7. The van der Waals surface area contributed by atoms with Crippen LogP contribution in [0.15, 0.2) is 18.3 Å². The number of likely N-dealkylation sites (tertiary alicyclic amines) is 1. The van der Waals surface area contributed by atoms with Crippen molar-refractivity contribution >= 4 is 5.91 Å². The molecule has 1 aromatic heterocycles. The van der Waals surface area contributed by atoms with Crippen molar-refractivity contribution in [3.05, 3.63) is 24.0 Å². The number of rotatable bonds is 7. The fourth-order valence-electron chi connectivity index (χ4n) is 2.87. The predicted octanol–water partition coefficient (Wildman–Crippen LogP) is 1.63. The maximum atomic E-state index is 11.7. The van der Waals surface area contributed by atoms with Gasteiger partial charge in [-0.2, -0.15) is 0 Å².